The Bertz CT molecular complexity index is 1010. The molecule has 0 spiro atoms. The molecular weight excluding hydrogens is 373 g/mol. The Balaban J connectivity index is 1.64. The normalized spacial score (nSPS) is 10.3. The molecule has 2 N–H and O–H groups in total. The first kappa shape index (κ1) is 20.0. The van der Waals surface area contributed by atoms with E-state index in [2.05, 4.69) is 15.6 Å². The number of rotatable bonds is 7. The number of carbonyl (C=O) groups is 2. The van der Waals surface area contributed by atoms with E-state index in [1.807, 2.05) is 0 Å². The lowest BCUT2D eigenvalue weighted by atomic mass is 10.2. The van der Waals surface area contributed by atoms with Gasteiger partial charge in [-0.25, -0.2) is 9.18 Å². The molecule has 0 aliphatic heterocycles. The summed E-state index contributed by atoms with van der Waals surface area (Å²) in [6.45, 7) is 2.14. The van der Waals surface area contributed by atoms with Crippen LogP contribution in [0.2, 0.25) is 0 Å². The third-order valence-electron chi connectivity index (χ3n) is 4.07. The van der Waals surface area contributed by atoms with E-state index in [1.54, 1.807) is 61.5 Å². The molecule has 0 radical (unpaired) electrons. The summed E-state index contributed by atoms with van der Waals surface area (Å²) in [6, 6.07) is 16.4. The number of aromatic nitrogens is 1. The SMILES string of the molecule is CCOC(=O)c1ccc(Nc2ccnc(C(=O)NCc3ccccc3F)c2)cc1. The maximum atomic E-state index is 13.7. The highest BCUT2D eigenvalue weighted by Gasteiger charge is 2.10. The Morgan fingerprint density at radius 1 is 1.03 bits per heavy atom. The number of esters is 1. The van der Waals surface area contributed by atoms with E-state index in [9.17, 15) is 14.0 Å². The smallest absolute Gasteiger partial charge is 0.338 e. The molecular formula is C22H20FN3O3. The van der Waals surface area contributed by atoms with Gasteiger partial charge in [0.15, 0.2) is 0 Å². The summed E-state index contributed by atoms with van der Waals surface area (Å²) in [5.74, 6) is -1.16. The maximum absolute atomic E-state index is 13.7. The minimum Gasteiger partial charge on any atom is -0.462 e. The zero-order chi connectivity index (χ0) is 20.6. The molecule has 3 rings (SSSR count). The number of hydrogen-bond donors (Lipinski definition) is 2. The molecule has 0 saturated heterocycles. The van der Waals surface area contributed by atoms with Gasteiger partial charge in [0, 0.05) is 29.7 Å². The Hall–Kier alpha value is -3.74. The summed E-state index contributed by atoms with van der Waals surface area (Å²) in [5.41, 5.74) is 2.45. The van der Waals surface area contributed by atoms with Crippen LogP contribution in [0.4, 0.5) is 15.8 Å². The third-order valence-corrected chi connectivity index (χ3v) is 4.07. The van der Waals surface area contributed by atoms with Gasteiger partial charge in [0.2, 0.25) is 0 Å². The lowest BCUT2D eigenvalue weighted by Gasteiger charge is -2.09. The van der Waals surface area contributed by atoms with Crippen LogP contribution in [0.15, 0.2) is 66.9 Å². The molecule has 148 valence electrons. The van der Waals surface area contributed by atoms with Crippen molar-refractivity contribution < 1.29 is 18.7 Å². The van der Waals surface area contributed by atoms with Crippen LogP contribution in [0.5, 0.6) is 0 Å². The molecule has 1 heterocycles. The first-order valence-corrected chi connectivity index (χ1v) is 9.08. The molecule has 0 aliphatic carbocycles. The van der Waals surface area contributed by atoms with Gasteiger partial charge >= 0.3 is 5.97 Å². The average Bonchev–Trinajstić information content (AvgIpc) is 2.74. The Labute approximate surface area is 167 Å². The molecule has 0 atom stereocenters. The number of anilines is 2. The van der Waals surface area contributed by atoms with E-state index in [0.29, 0.717) is 23.4 Å². The van der Waals surface area contributed by atoms with Crippen molar-refractivity contribution in [1.29, 1.82) is 0 Å². The molecule has 0 aliphatic rings. The molecule has 0 unspecified atom stereocenters. The quantitative estimate of drug-likeness (QED) is 0.592. The van der Waals surface area contributed by atoms with Gasteiger partial charge in [0.05, 0.1) is 12.2 Å². The molecule has 2 aromatic carbocycles. The van der Waals surface area contributed by atoms with Crippen molar-refractivity contribution in [3.63, 3.8) is 0 Å². The van der Waals surface area contributed by atoms with Crippen LogP contribution < -0.4 is 10.6 Å². The van der Waals surface area contributed by atoms with Gasteiger partial charge < -0.3 is 15.4 Å². The van der Waals surface area contributed by atoms with Crippen LogP contribution in [0.3, 0.4) is 0 Å². The van der Waals surface area contributed by atoms with Gasteiger partial charge in [-0.3, -0.25) is 9.78 Å². The van der Waals surface area contributed by atoms with Gasteiger partial charge in [-0.05, 0) is 49.4 Å². The van der Waals surface area contributed by atoms with E-state index >= 15 is 0 Å². The van der Waals surface area contributed by atoms with Crippen LogP contribution in [-0.4, -0.2) is 23.5 Å². The predicted octanol–water partition coefficient (Wildman–Crippen LogP) is 4.07. The highest BCUT2D eigenvalue weighted by molar-refractivity contribution is 5.93. The van der Waals surface area contributed by atoms with Gasteiger partial charge in [-0.15, -0.1) is 0 Å². The lowest BCUT2D eigenvalue weighted by molar-refractivity contribution is 0.0526. The van der Waals surface area contributed by atoms with E-state index in [0.717, 1.165) is 5.69 Å². The van der Waals surface area contributed by atoms with Gasteiger partial charge in [-0.1, -0.05) is 18.2 Å². The zero-order valence-corrected chi connectivity index (χ0v) is 15.8. The fourth-order valence-corrected chi connectivity index (χ4v) is 2.61. The van der Waals surface area contributed by atoms with E-state index < -0.39 is 5.91 Å². The standard InChI is InChI=1S/C22H20FN3O3/c1-2-29-22(28)15-7-9-17(10-8-15)26-18-11-12-24-20(13-18)21(27)25-14-16-5-3-4-6-19(16)23/h3-13H,2,14H2,1H3,(H,24,26)(H,25,27). The summed E-state index contributed by atoms with van der Waals surface area (Å²) in [6.07, 6.45) is 1.51. The van der Waals surface area contributed by atoms with Crippen molar-refractivity contribution in [3.8, 4) is 0 Å². The van der Waals surface area contributed by atoms with Crippen LogP contribution in [0.25, 0.3) is 0 Å². The topological polar surface area (TPSA) is 80.3 Å². The number of halogens is 1. The van der Waals surface area contributed by atoms with Crippen molar-refractivity contribution in [1.82, 2.24) is 10.3 Å². The molecule has 3 aromatic rings. The number of nitrogens with zero attached hydrogens (tertiary/aromatic N) is 1. The second kappa shape index (κ2) is 9.45. The summed E-state index contributed by atoms with van der Waals surface area (Å²) in [4.78, 5) is 28.1. The van der Waals surface area contributed by atoms with Crippen LogP contribution >= 0.6 is 0 Å². The van der Waals surface area contributed by atoms with Crippen molar-refractivity contribution in [3.05, 3.63) is 89.5 Å². The molecule has 1 amide bonds. The predicted molar refractivity (Wildman–Crippen MR) is 107 cm³/mol. The van der Waals surface area contributed by atoms with Crippen molar-refractivity contribution in [2.24, 2.45) is 0 Å². The molecule has 0 fully saturated rings. The number of carbonyl (C=O) groups excluding carboxylic acids is 2. The molecule has 0 bridgehead atoms. The molecule has 0 saturated carbocycles. The zero-order valence-electron chi connectivity index (χ0n) is 15.8. The average molecular weight is 393 g/mol. The monoisotopic (exact) mass is 393 g/mol. The number of ether oxygens (including phenoxy) is 1. The number of nitrogens with one attached hydrogen (secondary N) is 2. The molecule has 29 heavy (non-hydrogen) atoms. The Morgan fingerprint density at radius 2 is 1.79 bits per heavy atom. The maximum Gasteiger partial charge on any atom is 0.338 e. The van der Waals surface area contributed by atoms with Crippen LogP contribution in [0.1, 0.15) is 33.3 Å². The molecule has 1 aromatic heterocycles. The first-order valence-electron chi connectivity index (χ1n) is 9.08. The Kier molecular flexibility index (Phi) is 6.52. The second-order valence-corrected chi connectivity index (χ2v) is 6.13. The fourth-order valence-electron chi connectivity index (χ4n) is 2.61. The third kappa shape index (κ3) is 5.38. The Morgan fingerprint density at radius 3 is 2.52 bits per heavy atom. The minimum atomic E-state index is -0.408. The number of amides is 1. The first-order chi connectivity index (χ1) is 14.1. The van der Waals surface area contributed by atoms with Gasteiger partial charge in [0.1, 0.15) is 11.5 Å². The van der Waals surface area contributed by atoms with Crippen molar-refractivity contribution in [2.45, 2.75) is 13.5 Å². The van der Waals surface area contributed by atoms with Gasteiger partial charge in [0.25, 0.3) is 5.91 Å². The molecule has 6 nitrogen and oxygen atoms in total. The van der Waals surface area contributed by atoms with E-state index in [4.69, 9.17) is 4.74 Å². The number of pyridine rings is 1. The summed E-state index contributed by atoms with van der Waals surface area (Å²) < 4.78 is 18.6. The summed E-state index contributed by atoms with van der Waals surface area (Å²) >= 11 is 0. The van der Waals surface area contributed by atoms with Crippen LogP contribution in [0, 0.1) is 5.82 Å². The number of hydrogen-bond acceptors (Lipinski definition) is 5. The summed E-state index contributed by atoms with van der Waals surface area (Å²) in [7, 11) is 0. The lowest BCUT2D eigenvalue weighted by Crippen LogP contribution is -2.24. The molecule has 7 heteroatoms. The number of benzene rings is 2. The van der Waals surface area contributed by atoms with Crippen molar-refractivity contribution >= 4 is 23.3 Å². The minimum absolute atomic E-state index is 0.0696. The highest BCUT2D eigenvalue weighted by Crippen LogP contribution is 2.18. The van der Waals surface area contributed by atoms with E-state index in [-0.39, 0.29) is 24.0 Å². The largest absolute Gasteiger partial charge is 0.462 e. The highest BCUT2D eigenvalue weighted by atomic mass is 19.1. The second-order valence-electron chi connectivity index (χ2n) is 6.13. The van der Waals surface area contributed by atoms with E-state index in [1.165, 1.54) is 12.3 Å². The van der Waals surface area contributed by atoms with Crippen molar-refractivity contribution in [2.75, 3.05) is 11.9 Å². The fraction of sp³-hybridized carbons (Fsp3) is 0.136. The summed E-state index contributed by atoms with van der Waals surface area (Å²) in [5, 5.41) is 5.81. The van der Waals surface area contributed by atoms with Gasteiger partial charge in [-0.2, -0.15) is 0 Å². The van der Waals surface area contributed by atoms with Crippen LogP contribution in [-0.2, 0) is 11.3 Å².